The molecular formula is C13H18N2O3S. The Kier molecular flexibility index (Phi) is 3.34. The quantitative estimate of drug-likeness (QED) is 0.844. The molecule has 1 atom stereocenters. The molecule has 0 aliphatic carbocycles. The van der Waals surface area contributed by atoms with Crippen LogP contribution in [0.1, 0.15) is 24.0 Å². The number of nitrogens with one attached hydrogen (secondary N) is 1. The zero-order chi connectivity index (χ0) is 13.5. The van der Waals surface area contributed by atoms with E-state index in [1.807, 2.05) is 6.07 Å². The lowest BCUT2D eigenvalue weighted by Gasteiger charge is -2.22. The molecule has 19 heavy (non-hydrogen) atoms. The number of hydrogen-bond donors (Lipinski definition) is 2. The van der Waals surface area contributed by atoms with Gasteiger partial charge in [0.1, 0.15) is 0 Å². The van der Waals surface area contributed by atoms with Gasteiger partial charge in [0.05, 0.1) is 11.5 Å². The van der Waals surface area contributed by atoms with Gasteiger partial charge in [0, 0.05) is 25.7 Å². The van der Waals surface area contributed by atoms with Crippen LogP contribution in [0.2, 0.25) is 0 Å². The second-order valence-electron chi connectivity index (χ2n) is 5.13. The molecule has 2 N–H and O–H groups in total. The van der Waals surface area contributed by atoms with Gasteiger partial charge in [-0.3, -0.25) is 0 Å². The van der Waals surface area contributed by atoms with Crippen LogP contribution >= 0.6 is 0 Å². The van der Waals surface area contributed by atoms with Gasteiger partial charge in [-0.25, -0.2) is 8.42 Å². The van der Waals surface area contributed by atoms with Crippen molar-refractivity contribution in [2.75, 3.05) is 13.2 Å². The zero-order valence-corrected chi connectivity index (χ0v) is 11.5. The molecule has 5 nitrogen and oxygen atoms in total. The summed E-state index contributed by atoms with van der Waals surface area (Å²) < 4.78 is 26.6. The maximum atomic E-state index is 12.6. The maximum absolute atomic E-state index is 12.6. The van der Waals surface area contributed by atoms with E-state index in [1.165, 1.54) is 9.87 Å². The highest BCUT2D eigenvalue weighted by atomic mass is 32.2. The third kappa shape index (κ3) is 2.18. The molecule has 1 saturated heterocycles. The number of rotatable bonds is 3. The molecule has 1 aromatic carbocycles. The molecule has 0 amide bonds. The van der Waals surface area contributed by atoms with Crippen molar-refractivity contribution in [2.45, 2.75) is 36.9 Å². The monoisotopic (exact) mass is 282 g/mol. The Bertz CT molecular complexity index is 586. The van der Waals surface area contributed by atoms with Crippen LogP contribution < -0.4 is 5.32 Å². The average molecular weight is 282 g/mol. The summed E-state index contributed by atoms with van der Waals surface area (Å²) in [6.45, 7) is 1.93. The van der Waals surface area contributed by atoms with E-state index >= 15 is 0 Å². The van der Waals surface area contributed by atoms with Crippen LogP contribution in [0, 0.1) is 0 Å². The van der Waals surface area contributed by atoms with E-state index in [1.54, 1.807) is 12.1 Å². The Hall–Kier alpha value is -0.950. The summed E-state index contributed by atoms with van der Waals surface area (Å²) in [5, 5.41) is 12.5. The highest BCUT2D eigenvalue weighted by Gasteiger charge is 2.35. The molecule has 1 unspecified atom stereocenters. The van der Waals surface area contributed by atoms with Crippen molar-refractivity contribution in [2.24, 2.45) is 0 Å². The lowest BCUT2D eigenvalue weighted by molar-refractivity contribution is 0.213. The Morgan fingerprint density at radius 1 is 1.32 bits per heavy atom. The Morgan fingerprint density at radius 2 is 2.11 bits per heavy atom. The molecule has 6 heteroatoms. The van der Waals surface area contributed by atoms with Crippen molar-refractivity contribution < 1.29 is 13.5 Å². The lowest BCUT2D eigenvalue weighted by Crippen LogP contribution is -2.37. The molecular weight excluding hydrogens is 264 g/mol. The van der Waals surface area contributed by atoms with Gasteiger partial charge < -0.3 is 10.4 Å². The van der Waals surface area contributed by atoms with Crippen molar-refractivity contribution in [1.29, 1.82) is 0 Å². The minimum absolute atomic E-state index is 0.105. The van der Waals surface area contributed by atoms with Gasteiger partial charge in [-0.15, -0.1) is 0 Å². The zero-order valence-electron chi connectivity index (χ0n) is 10.7. The van der Waals surface area contributed by atoms with Crippen LogP contribution in [-0.4, -0.2) is 37.0 Å². The summed E-state index contributed by atoms with van der Waals surface area (Å²) >= 11 is 0. The van der Waals surface area contributed by atoms with E-state index in [4.69, 9.17) is 0 Å². The molecule has 0 spiro atoms. The van der Waals surface area contributed by atoms with Crippen molar-refractivity contribution >= 4 is 10.0 Å². The van der Waals surface area contributed by atoms with E-state index in [-0.39, 0.29) is 12.6 Å². The summed E-state index contributed by atoms with van der Waals surface area (Å²) in [5.74, 6) is 0. The van der Waals surface area contributed by atoms with Gasteiger partial charge in [-0.05, 0) is 36.1 Å². The summed E-state index contributed by atoms with van der Waals surface area (Å²) in [5.41, 5.74) is 2.22. The Morgan fingerprint density at radius 3 is 2.89 bits per heavy atom. The van der Waals surface area contributed by atoms with Crippen molar-refractivity contribution in [1.82, 2.24) is 9.62 Å². The Balaban J connectivity index is 1.96. The fourth-order valence-corrected chi connectivity index (χ4v) is 4.61. The number of hydrogen-bond acceptors (Lipinski definition) is 4. The van der Waals surface area contributed by atoms with Crippen LogP contribution in [-0.2, 0) is 23.1 Å². The summed E-state index contributed by atoms with van der Waals surface area (Å²) in [7, 11) is -3.48. The molecule has 0 aromatic heterocycles. The second-order valence-corrected chi connectivity index (χ2v) is 7.02. The number of nitrogens with zero attached hydrogens (tertiary/aromatic N) is 1. The van der Waals surface area contributed by atoms with Gasteiger partial charge in [0.2, 0.25) is 10.0 Å². The standard InChI is InChI=1S/C13H18N2O3S/c16-9-12-2-1-5-15(12)19(17,18)13-4-3-10-7-14-8-11(10)6-13/h3-4,6,12,14,16H,1-2,5,7-9H2. The number of aliphatic hydroxyl groups is 1. The highest BCUT2D eigenvalue weighted by molar-refractivity contribution is 7.89. The van der Waals surface area contributed by atoms with Crippen molar-refractivity contribution in [3.63, 3.8) is 0 Å². The van der Waals surface area contributed by atoms with Crippen LogP contribution in [0.4, 0.5) is 0 Å². The van der Waals surface area contributed by atoms with E-state index in [0.717, 1.165) is 31.5 Å². The highest BCUT2D eigenvalue weighted by Crippen LogP contribution is 2.28. The fourth-order valence-electron chi connectivity index (χ4n) is 2.88. The molecule has 3 rings (SSSR count). The first kappa shape index (κ1) is 13.1. The first-order valence-corrected chi connectivity index (χ1v) is 8.02. The first-order chi connectivity index (χ1) is 9.13. The summed E-state index contributed by atoms with van der Waals surface area (Å²) in [4.78, 5) is 0.343. The molecule has 2 aliphatic rings. The maximum Gasteiger partial charge on any atom is 0.243 e. The summed E-state index contributed by atoms with van der Waals surface area (Å²) in [6, 6.07) is 5.05. The average Bonchev–Trinajstić information content (AvgIpc) is 3.06. The third-order valence-corrected chi connectivity index (χ3v) is 5.90. The lowest BCUT2D eigenvalue weighted by atomic mass is 10.1. The molecule has 0 bridgehead atoms. The first-order valence-electron chi connectivity index (χ1n) is 6.58. The van der Waals surface area contributed by atoms with E-state index < -0.39 is 10.0 Å². The normalized spacial score (nSPS) is 23.7. The van der Waals surface area contributed by atoms with Crippen molar-refractivity contribution in [3.05, 3.63) is 29.3 Å². The minimum Gasteiger partial charge on any atom is -0.395 e. The minimum atomic E-state index is -3.48. The molecule has 1 fully saturated rings. The molecule has 104 valence electrons. The predicted octanol–water partition coefficient (Wildman–Crippen LogP) is 0.435. The topological polar surface area (TPSA) is 69.6 Å². The van der Waals surface area contributed by atoms with Crippen LogP contribution in [0.3, 0.4) is 0 Å². The fraction of sp³-hybridized carbons (Fsp3) is 0.538. The smallest absolute Gasteiger partial charge is 0.243 e. The number of fused-ring (bicyclic) bond motifs is 1. The van der Waals surface area contributed by atoms with Gasteiger partial charge in [-0.2, -0.15) is 4.31 Å². The Labute approximate surface area is 113 Å². The second kappa shape index (κ2) is 4.86. The molecule has 0 radical (unpaired) electrons. The van der Waals surface area contributed by atoms with Gasteiger partial charge >= 0.3 is 0 Å². The largest absolute Gasteiger partial charge is 0.395 e. The van der Waals surface area contributed by atoms with Gasteiger partial charge in [0.15, 0.2) is 0 Å². The summed E-state index contributed by atoms with van der Waals surface area (Å²) in [6.07, 6.45) is 1.55. The van der Waals surface area contributed by atoms with Crippen LogP contribution in [0.25, 0.3) is 0 Å². The molecule has 0 saturated carbocycles. The third-order valence-electron chi connectivity index (χ3n) is 3.95. The van der Waals surface area contributed by atoms with E-state index in [9.17, 15) is 13.5 Å². The van der Waals surface area contributed by atoms with Crippen molar-refractivity contribution in [3.8, 4) is 0 Å². The van der Waals surface area contributed by atoms with E-state index in [2.05, 4.69) is 5.32 Å². The predicted molar refractivity (Wildman–Crippen MR) is 71.0 cm³/mol. The molecule has 1 aromatic rings. The number of benzene rings is 1. The number of sulfonamides is 1. The molecule has 2 aliphatic heterocycles. The SMILES string of the molecule is O=S(=O)(c1ccc2c(c1)CNC2)N1CCCC1CO. The van der Waals surface area contributed by atoms with Gasteiger partial charge in [0.25, 0.3) is 0 Å². The van der Waals surface area contributed by atoms with Gasteiger partial charge in [-0.1, -0.05) is 6.07 Å². The van der Waals surface area contributed by atoms with E-state index in [0.29, 0.717) is 11.4 Å². The molecule has 2 heterocycles. The number of aliphatic hydroxyl groups excluding tert-OH is 1. The van der Waals surface area contributed by atoms with Crippen LogP contribution in [0.5, 0.6) is 0 Å². The van der Waals surface area contributed by atoms with Crippen LogP contribution in [0.15, 0.2) is 23.1 Å².